The smallest absolute Gasteiger partial charge is 0.246 e. The predicted molar refractivity (Wildman–Crippen MR) is 76.9 cm³/mol. The van der Waals surface area contributed by atoms with Crippen molar-refractivity contribution in [3.8, 4) is 0 Å². The molecule has 1 fully saturated rings. The molecule has 0 saturated carbocycles. The van der Waals surface area contributed by atoms with E-state index in [-0.39, 0.29) is 6.04 Å². The van der Waals surface area contributed by atoms with Gasteiger partial charge >= 0.3 is 0 Å². The van der Waals surface area contributed by atoms with Gasteiger partial charge in [0.2, 0.25) is 10.0 Å². The molecule has 2 N–H and O–H groups in total. The normalized spacial score (nSPS) is 20.9. The number of aryl methyl sites for hydroxylation is 1. The van der Waals surface area contributed by atoms with E-state index in [9.17, 15) is 8.42 Å². The fraction of sp³-hybridized carbons (Fsp3) is 0.750. The highest BCUT2D eigenvalue weighted by atomic mass is 32.2. The van der Waals surface area contributed by atoms with E-state index in [1.165, 1.54) is 0 Å². The van der Waals surface area contributed by atoms with Crippen LogP contribution < -0.4 is 5.32 Å². The Morgan fingerprint density at radius 3 is 2.75 bits per heavy atom. The number of likely N-dealkylation sites (N-methyl/N-ethyl adjacent to an activating group) is 1. The van der Waals surface area contributed by atoms with Crippen molar-refractivity contribution in [3.05, 3.63) is 11.4 Å². The first-order valence-electron chi connectivity index (χ1n) is 6.73. The highest BCUT2D eigenvalue weighted by Gasteiger charge is 2.36. The van der Waals surface area contributed by atoms with Crippen molar-refractivity contribution in [2.24, 2.45) is 0 Å². The molecule has 0 aliphatic carbocycles. The Hall–Kier alpha value is -0.960. The molecule has 114 valence electrons. The fourth-order valence-corrected chi connectivity index (χ4v) is 4.40. The van der Waals surface area contributed by atoms with E-state index < -0.39 is 10.0 Å². The lowest BCUT2D eigenvalue weighted by Gasteiger charge is -2.20. The summed E-state index contributed by atoms with van der Waals surface area (Å²) >= 11 is 0. The third kappa shape index (κ3) is 2.73. The van der Waals surface area contributed by atoms with Crippen LogP contribution >= 0.6 is 0 Å². The van der Waals surface area contributed by atoms with E-state index in [0.29, 0.717) is 35.9 Å². The van der Waals surface area contributed by atoms with Crippen LogP contribution in [0.25, 0.3) is 0 Å². The highest BCUT2D eigenvalue weighted by molar-refractivity contribution is 7.89. The Bertz CT molecular complexity index is 566. The van der Waals surface area contributed by atoms with Crippen LogP contribution in [0.2, 0.25) is 0 Å². The number of hydrogen-bond donors (Lipinski definition) is 2. The summed E-state index contributed by atoms with van der Waals surface area (Å²) in [7, 11) is 2.27. The van der Waals surface area contributed by atoms with Gasteiger partial charge in [0, 0.05) is 25.7 Å². The minimum atomic E-state index is -3.47. The molecule has 1 aliphatic heterocycles. The number of nitrogens with one attached hydrogen (secondary N) is 2. The van der Waals surface area contributed by atoms with Gasteiger partial charge in [0.1, 0.15) is 4.90 Å². The minimum Gasteiger partial charge on any atom is -0.314 e. The zero-order chi connectivity index (χ0) is 14.9. The van der Waals surface area contributed by atoms with Gasteiger partial charge in [-0.1, -0.05) is 0 Å². The summed E-state index contributed by atoms with van der Waals surface area (Å²) in [5.41, 5.74) is 1.15. The Morgan fingerprint density at radius 2 is 2.20 bits per heavy atom. The molecule has 2 heterocycles. The third-order valence-electron chi connectivity index (χ3n) is 3.76. The summed E-state index contributed by atoms with van der Waals surface area (Å²) in [6, 6.07) is 0.282. The molecule has 1 saturated heterocycles. The van der Waals surface area contributed by atoms with Gasteiger partial charge in [0.05, 0.1) is 11.4 Å². The van der Waals surface area contributed by atoms with Gasteiger partial charge in [0.25, 0.3) is 0 Å². The molecule has 2 rings (SSSR count). The van der Waals surface area contributed by atoms with Crippen LogP contribution in [0.4, 0.5) is 0 Å². The lowest BCUT2D eigenvalue weighted by Crippen LogP contribution is -2.35. The molecule has 1 aliphatic rings. The number of H-pyrrole nitrogens is 1. The summed E-state index contributed by atoms with van der Waals surface area (Å²) in [4.78, 5) is 2.40. The maximum absolute atomic E-state index is 12.8. The van der Waals surface area contributed by atoms with Crippen LogP contribution in [0.15, 0.2) is 4.90 Å². The van der Waals surface area contributed by atoms with Crippen LogP contribution in [0.3, 0.4) is 0 Å². The van der Waals surface area contributed by atoms with Gasteiger partial charge < -0.3 is 10.2 Å². The Morgan fingerprint density at radius 1 is 1.50 bits per heavy atom. The van der Waals surface area contributed by atoms with Crippen LogP contribution in [0.5, 0.6) is 0 Å². The van der Waals surface area contributed by atoms with Crippen molar-refractivity contribution in [2.75, 3.05) is 34.2 Å². The summed E-state index contributed by atoms with van der Waals surface area (Å²) in [6.45, 7) is 3.29. The van der Waals surface area contributed by atoms with E-state index in [0.717, 1.165) is 6.42 Å². The van der Waals surface area contributed by atoms with Crippen molar-refractivity contribution in [3.63, 3.8) is 0 Å². The van der Waals surface area contributed by atoms with Crippen LogP contribution in [0.1, 0.15) is 17.8 Å². The molecule has 1 atom stereocenters. The Balaban J connectivity index is 2.30. The largest absolute Gasteiger partial charge is 0.314 e. The monoisotopic (exact) mass is 301 g/mol. The standard InChI is InChI=1S/C12H23N5O2S/c1-9-12(11(7-13-2)15-14-9)20(18,19)17-6-5-10(8-17)16(3)4/h10,13H,5-8H2,1-4H3,(H,14,15). The first-order valence-corrected chi connectivity index (χ1v) is 8.17. The van der Waals surface area contributed by atoms with Gasteiger partial charge in [0.15, 0.2) is 0 Å². The van der Waals surface area contributed by atoms with Crippen LogP contribution in [-0.2, 0) is 16.6 Å². The molecule has 1 unspecified atom stereocenters. The maximum Gasteiger partial charge on any atom is 0.246 e. The van der Waals surface area contributed by atoms with Gasteiger partial charge in [-0.2, -0.15) is 9.40 Å². The van der Waals surface area contributed by atoms with Crippen LogP contribution in [0, 0.1) is 6.92 Å². The molecule has 0 radical (unpaired) electrons. The molecule has 1 aromatic rings. The summed E-state index contributed by atoms with van der Waals surface area (Å²) in [5, 5.41) is 9.83. The van der Waals surface area contributed by atoms with Crippen molar-refractivity contribution in [2.45, 2.75) is 30.8 Å². The SMILES string of the molecule is CNCc1n[nH]c(C)c1S(=O)(=O)N1CCC(N(C)C)C1. The predicted octanol–water partition coefficient (Wildman–Crippen LogP) is -0.238. The van der Waals surface area contributed by atoms with E-state index in [1.807, 2.05) is 14.1 Å². The number of rotatable bonds is 5. The average Bonchev–Trinajstić information content (AvgIpc) is 2.97. The van der Waals surface area contributed by atoms with E-state index in [2.05, 4.69) is 20.4 Å². The number of hydrogen-bond acceptors (Lipinski definition) is 5. The quantitative estimate of drug-likeness (QED) is 0.785. The zero-order valence-electron chi connectivity index (χ0n) is 12.5. The van der Waals surface area contributed by atoms with Gasteiger partial charge in [-0.05, 0) is 34.5 Å². The van der Waals surface area contributed by atoms with Crippen molar-refractivity contribution >= 4 is 10.0 Å². The topological polar surface area (TPSA) is 81.3 Å². The minimum absolute atomic E-state index is 0.282. The molecular weight excluding hydrogens is 278 g/mol. The molecule has 8 heteroatoms. The third-order valence-corrected chi connectivity index (χ3v) is 5.83. The molecule has 7 nitrogen and oxygen atoms in total. The van der Waals surface area contributed by atoms with E-state index in [4.69, 9.17) is 0 Å². The summed E-state index contributed by atoms with van der Waals surface area (Å²) < 4.78 is 27.2. The number of aromatic nitrogens is 2. The number of aromatic amines is 1. The summed E-state index contributed by atoms with van der Waals surface area (Å²) in [6.07, 6.45) is 0.866. The lowest BCUT2D eigenvalue weighted by atomic mass is 10.2. The fourth-order valence-electron chi connectivity index (χ4n) is 2.58. The second kappa shape index (κ2) is 5.80. The van der Waals surface area contributed by atoms with Crippen molar-refractivity contribution in [1.82, 2.24) is 24.7 Å². The average molecular weight is 301 g/mol. The highest BCUT2D eigenvalue weighted by Crippen LogP contribution is 2.26. The molecular formula is C12H23N5O2S. The second-order valence-electron chi connectivity index (χ2n) is 5.42. The molecule has 0 aromatic carbocycles. The molecule has 0 spiro atoms. The van der Waals surface area contributed by atoms with Gasteiger partial charge in [-0.15, -0.1) is 0 Å². The van der Waals surface area contributed by atoms with Gasteiger partial charge in [-0.25, -0.2) is 8.42 Å². The van der Waals surface area contributed by atoms with Gasteiger partial charge in [-0.3, -0.25) is 5.10 Å². The first-order chi connectivity index (χ1) is 9.37. The maximum atomic E-state index is 12.8. The lowest BCUT2D eigenvalue weighted by molar-refractivity contribution is 0.302. The van der Waals surface area contributed by atoms with Crippen molar-refractivity contribution < 1.29 is 8.42 Å². The van der Waals surface area contributed by atoms with E-state index in [1.54, 1.807) is 18.3 Å². The molecule has 1 aromatic heterocycles. The van der Waals surface area contributed by atoms with Crippen molar-refractivity contribution in [1.29, 1.82) is 0 Å². The molecule has 0 bridgehead atoms. The number of sulfonamides is 1. The number of nitrogens with zero attached hydrogens (tertiary/aromatic N) is 3. The Kier molecular flexibility index (Phi) is 4.48. The molecule has 0 amide bonds. The molecule has 20 heavy (non-hydrogen) atoms. The van der Waals surface area contributed by atoms with Crippen LogP contribution in [-0.4, -0.2) is 68.1 Å². The first kappa shape index (κ1) is 15.4. The second-order valence-corrected chi connectivity index (χ2v) is 7.30. The Labute approximate surface area is 120 Å². The summed E-state index contributed by atoms with van der Waals surface area (Å²) in [5.74, 6) is 0. The zero-order valence-corrected chi connectivity index (χ0v) is 13.3. The van der Waals surface area contributed by atoms with E-state index >= 15 is 0 Å².